The molecule has 0 saturated carbocycles. The van der Waals surface area contributed by atoms with Crippen molar-refractivity contribution in [3.05, 3.63) is 42.4 Å². The lowest BCUT2D eigenvalue weighted by atomic mass is 10.1. The van der Waals surface area contributed by atoms with E-state index in [1.54, 1.807) is 31.6 Å². The van der Waals surface area contributed by atoms with Gasteiger partial charge < -0.3 is 5.11 Å². The van der Waals surface area contributed by atoms with E-state index in [9.17, 15) is 9.32 Å². The molecule has 0 aliphatic rings. The third-order valence-electron chi connectivity index (χ3n) is 3.28. The van der Waals surface area contributed by atoms with E-state index in [1.165, 1.54) is 0 Å². The molecule has 0 amide bonds. The van der Waals surface area contributed by atoms with Gasteiger partial charge in [-0.15, -0.1) is 0 Å². The minimum atomic E-state index is -1.23. The van der Waals surface area contributed by atoms with Crippen molar-refractivity contribution >= 4 is 16.4 Å². The summed E-state index contributed by atoms with van der Waals surface area (Å²) in [6, 6.07) is 5.63. The van der Waals surface area contributed by atoms with Crippen LogP contribution in [0.4, 0.5) is 0 Å². The molecule has 0 spiro atoms. The molecular formula is C15H16N4O2S. The number of rotatable bonds is 4. The van der Waals surface area contributed by atoms with Crippen molar-refractivity contribution in [2.75, 3.05) is 6.26 Å². The summed E-state index contributed by atoms with van der Waals surface area (Å²) in [7, 11) is -1.23. The van der Waals surface area contributed by atoms with Crippen LogP contribution in [-0.4, -0.2) is 41.0 Å². The molecule has 22 heavy (non-hydrogen) atoms. The molecule has 114 valence electrons. The lowest BCUT2D eigenvalue weighted by Gasteiger charge is -2.07. The van der Waals surface area contributed by atoms with Gasteiger partial charge in [-0.25, -0.2) is 15.0 Å². The van der Waals surface area contributed by atoms with Crippen LogP contribution in [0.3, 0.4) is 0 Å². The zero-order valence-electron chi connectivity index (χ0n) is 12.3. The van der Waals surface area contributed by atoms with Gasteiger partial charge in [0.2, 0.25) is 5.16 Å². The van der Waals surface area contributed by atoms with E-state index in [0.29, 0.717) is 17.3 Å². The van der Waals surface area contributed by atoms with Crippen LogP contribution in [0.15, 0.2) is 41.9 Å². The highest BCUT2D eigenvalue weighted by molar-refractivity contribution is 7.84. The number of aliphatic hydroxyl groups excluding tert-OH is 1. The van der Waals surface area contributed by atoms with Gasteiger partial charge in [-0.1, -0.05) is 6.07 Å². The third kappa shape index (κ3) is 2.77. The summed E-state index contributed by atoms with van der Waals surface area (Å²) in [5.74, 6) is 0. The molecule has 6 nitrogen and oxygen atoms in total. The second-order valence-electron chi connectivity index (χ2n) is 5.10. The highest BCUT2D eigenvalue weighted by Gasteiger charge is 2.12. The van der Waals surface area contributed by atoms with Crippen LogP contribution in [0.2, 0.25) is 0 Å². The number of imidazole rings is 1. The highest BCUT2D eigenvalue weighted by atomic mass is 32.2. The highest BCUT2D eigenvalue weighted by Crippen LogP contribution is 2.21. The molecule has 0 fully saturated rings. The predicted octanol–water partition coefficient (Wildman–Crippen LogP) is 1.45. The maximum Gasteiger partial charge on any atom is 0.218 e. The summed E-state index contributed by atoms with van der Waals surface area (Å²) in [6.45, 7) is 1.75. The van der Waals surface area contributed by atoms with Crippen molar-refractivity contribution < 1.29 is 9.32 Å². The molecule has 0 saturated heterocycles. The normalized spacial score (nSPS) is 14.1. The Balaban J connectivity index is 2.13. The Bertz CT molecular complexity index is 844. The van der Waals surface area contributed by atoms with E-state index < -0.39 is 16.9 Å². The van der Waals surface area contributed by atoms with Crippen LogP contribution in [0.25, 0.3) is 17.0 Å². The zero-order valence-corrected chi connectivity index (χ0v) is 13.1. The summed E-state index contributed by atoms with van der Waals surface area (Å²) >= 11 is 0. The average molecular weight is 316 g/mol. The Labute approximate surface area is 130 Å². The zero-order chi connectivity index (χ0) is 15.7. The summed E-state index contributed by atoms with van der Waals surface area (Å²) in [4.78, 5) is 12.8. The fraction of sp³-hybridized carbons (Fsp3) is 0.267. The number of pyridine rings is 1. The monoisotopic (exact) mass is 316 g/mol. The van der Waals surface area contributed by atoms with E-state index in [1.807, 2.05) is 22.7 Å². The third-order valence-corrected chi connectivity index (χ3v) is 4.00. The van der Waals surface area contributed by atoms with Gasteiger partial charge >= 0.3 is 0 Å². The minimum Gasteiger partial charge on any atom is -0.393 e. The fourth-order valence-corrected chi connectivity index (χ4v) is 2.79. The summed E-state index contributed by atoms with van der Waals surface area (Å²) in [5, 5.41) is 9.89. The second-order valence-corrected chi connectivity index (χ2v) is 6.38. The molecule has 1 N–H and O–H groups in total. The van der Waals surface area contributed by atoms with Gasteiger partial charge in [0.25, 0.3) is 0 Å². The van der Waals surface area contributed by atoms with Crippen LogP contribution < -0.4 is 0 Å². The van der Waals surface area contributed by atoms with E-state index >= 15 is 0 Å². The van der Waals surface area contributed by atoms with Crippen molar-refractivity contribution in [2.45, 2.75) is 24.6 Å². The van der Waals surface area contributed by atoms with Crippen molar-refractivity contribution in [3.8, 4) is 11.4 Å². The van der Waals surface area contributed by atoms with E-state index in [4.69, 9.17) is 0 Å². The quantitative estimate of drug-likeness (QED) is 0.737. The average Bonchev–Trinajstić information content (AvgIpc) is 2.92. The Morgan fingerprint density at radius 2 is 2.18 bits per heavy atom. The first-order valence-corrected chi connectivity index (χ1v) is 8.42. The molecule has 3 heterocycles. The van der Waals surface area contributed by atoms with Gasteiger partial charge in [0.15, 0.2) is 0 Å². The lowest BCUT2D eigenvalue weighted by Crippen LogP contribution is -2.06. The maximum absolute atomic E-state index is 11.5. The van der Waals surface area contributed by atoms with Crippen molar-refractivity contribution in [2.24, 2.45) is 0 Å². The van der Waals surface area contributed by atoms with Gasteiger partial charge in [-0.2, -0.15) is 0 Å². The molecule has 2 atom stereocenters. The van der Waals surface area contributed by atoms with Crippen LogP contribution in [0.1, 0.15) is 12.5 Å². The number of hydrogen-bond acceptors (Lipinski definition) is 5. The molecule has 3 aromatic heterocycles. The van der Waals surface area contributed by atoms with Crippen LogP contribution in [0, 0.1) is 0 Å². The molecule has 0 radical (unpaired) electrons. The minimum absolute atomic E-state index is 0.299. The predicted molar refractivity (Wildman–Crippen MR) is 83.9 cm³/mol. The van der Waals surface area contributed by atoms with Gasteiger partial charge in [-0.3, -0.25) is 8.61 Å². The maximum atomic E-state index is 11.5. The molecule has 0 aliphatic heterocycles. The van der Waals surface area contributed by atoms with E-state index in [-0.39, 0.29) is 0 Å². The van der Waals surface area contributed by atoms with Crippen LogP contribution in [0.5, 0.6) is 0 Å². The molecular weight excluding hydrogens is 300 g/mol. The first-order valence-electron chi connectivity index (χ1n) is 6.86. The Morgan fingerprint density at radius 3 is 2.91 bits per heavy atom. The van der Waals surface area contributed by atoms with E-state index in [2.05, 4.69) is 15.0 Å². The molecule has 0 aromatic carbocycles. The fourth-order valence-electron chi connectivity index (χ4n) is 2.36. The number of nitrogens with zero attached hydrogens (tertiary/aromatic N) is 4. The van der Waals surface area contributed by atoms with Gasteiger partial charge in [-0.05, 0) is 24.6 Å². The smallest absolute Gasteiger partial charge is 0.218 e. The Kier molecular flexibility index (Phi) is 4.00. The number of fused-ring (bicyclic) bond motifs is 1. The van der Waals surface area contributed by atoms with Crippen molar-refractivity contribution in [1.82, 2.24) is 19.4 Å². The van der Waals surface area contributed by atoms with E-state index in [0.717, 1.165) is 16.9 Å². The summed E-state index contributed by atoms with van der Waals surface area (Å²) in [5.41, 5.74) is 3.23. The SMILES string of the molecule is CC(O)Cc1cccn2c(-c3ccnc(S(C)=O)n3)cnc12. The number of aromatic nitrogens is 4. The van der Waals surface area contributed by atoms with Gasteiger partial charge in [0.05, 0.1) is 34.5 Å². The number of hydrogen-bond donors (Lipinski definition) is 1. The topological polar surface area (TPSA) is 80.4 Å². The summed E-state index contributed by atoms with van der Waals surface area (Å²) < 4.78 is 13.5. The van der Waals surface area contributed by atoms with Crippen molar-refractivity contribution in [3.63, 3.8) is 0 Å². The lowest BCUT2D eigenvalue weighted by molar-refractivity contribution is 0.195. The first-order chi connectivity index (χ1) is 10.6. The molecule has 3 rings (SSSR count). The molecule has 2 unspecified atom stereocenters. The molecule has 0 aliphatic carbocycles. The number of aliphatic hydroxyl groups is 1. The standard InChI is InChI=1S/C15H16N4O2S/c1-10(20)8-11-4-3-7-19-13(9-17-14(11)19)12-5-6-16-15(18-12)22(2)21/h3-7,9-10,20H,8H2,1-2H3. The molecule has 7 heteroatoms. The molecule has 0 bridgehead atoms. The molecule has 3 aromatic rings. The largest absolute Gasteiger partial charge is 0.393 e. The summed E-state index contributed by atoms with van der Waals surface area (Å²) in [6.07, 6.45) is 6.88. The van der Waals surface area contributed by atoms with Crippen LogP contribution >= 0.6 is 0 Å². The first kappa shape index (κ1) is 14.8. The second kappa shape index (κ2) is 5.94. The Hall–Kier alpha value is -2.12. The van der Waals surface area contributed by atoms with Crippen LogP contribution in [-0.2, 0) is 17.2 Å². The Morgan fingerprint density at radius 1 is 1.36 bits per heavy atom. The van der Waals surface area contributed by atoms with Gasteiger partial charge in [0.1, 0.15) is 5.65 Å². The van der Waals surface area contributed by atoms with Gasteiger partial charge in [0, 0.05) is 25.1 Å². The van der Waals surface area contributed by atoms with Crippen molar-refractivity contribution in [1.29, 1.82) is 0 Å².